The van der Waals surface area contributed by atoms with Crippen molar-refractivity contribution in [2.45, 2.75) is 37.6 Å². The molecule has 0 saturated heterocycles. The van der Waals surface area contributed by atoms with Gasteiger partial charge in [0.1, 0.15) is 11.5 Å². The number of hydrogen-bond acceptors (Lipinski definition) is 5. The van der Waals surface area contributed by atoms with Crippen LogP contribution in [0.15, 0.2) is 12.1 Å². The maximum Gasteiger partial charge on any atom is 0.451 e. The Balaban J connectivity index is 2.35. The van der Waals surface area contributed by atoms with Crippen LogP contribution in [0.4, 0.5) is 45.3 Å². The lowest BCUT2D eigenvalue weighted by atomic mass is 10.2. The number of fused-ring (bicyclic) bond motifs is 1. The quantitative estimate of drug-likeness (QED) is 0.317. The predicted molar refractivity (Wildman–Crippen MR) is 118 cm³/mol. The van der Waals surface area contributed by atoms with Crippen LogP contribution in [-0.2, 0) is 29.3 Å². The number of nitrogens with zero attached hydrogens (tertiary/aromatic N) is 4. The Hall–Kier alpha value is -2.33. The zero-order chi connectivity index (χ0) is 28.1. The van der Waals surface area contributed by atoms with Crippen molar-refractivity contribution in [2.24, 2.45) is 0 Å². The van der Waals surface area contributed by atoms with Gasteiger partial charge in [-0.2, -0.15) is 39.5 Å². The number of alkyl halides is 9. The van der Waals surface area contributed by atoms with Gasteiger partial charge in [0.2, 0.25) is 5.82 Å². The summed E-state index contributed by atoms with van der Waals surface area (Å²) in [6.45, 7) is 2.96. The molecule has 0 aliphatic heterocycles. The molecule has 6 nitrogen and oxygen atoms in total. The van der Waals surface area contributed by atoms with Crippen LogP contribution in [0.2, 0.25) is 10.0 Å². The van der Waals surface area contributed by atoms with Gasteiger partial charge in [0, 0.05) is 28.3 Å². The smallest absolute Gasteiger partial charge is 0.368 e. The minimum atomic E-state index is -5.43. The second kappa shape index (κ2) is 10.1. The van der Waals surface area contributed by atoms with E-state index < -0.39 is 79.0 Å². The number of nitrogens with one attached hydrogen (secondary N) is 1. The lowest BCUT2D eigenvalue weighted by molar-refractivity contribution is -0.151. The van der Waals surface area contributed by atoms with E-state index in [4.69, 9.17) is 23.2 Å². The monoisotopic (exact) mass is 601 g/mol. The zero-order valence-electron chi connectivity index (χ0n) is 18.4. The van der Waals surface area contributed by atoms with Crippen LogP contribution in [0.5, 0.6) is 0 Å². The molecule has 1 unspecified atom stereocenters. The zero-order valence-corrected chi connectivity index (χ0v) is 20.7. The van der Waals surface area contributed by atoms with Gasteiger partial charge >= 0.3 is 18.5 Å². The summed E-state index contributed by atoms with van der Waals surface area (Å²) in [7, 11) is -1.45. The molecule has 0 aliphatic carbocycles. The van der Waals surface area contributed by atoms with Crippen molar-refractivity contribution in [1.82, 2.24) is 19.7 Å². The van der Waals surface area contributed by atoms with E-state index in [0.29, 0.717) is 16.8 Å². The average Bonchev–Trinajstić information content (AvgIpc) is 3.08. The van der Waals surface area contributed by atoms with Crippen molar-refractivity contribution in [3.05, 3.63) is 39.3 Å². The molecule has 204 valence electrons. The highest BCUT2D eigenvalue weighted by molar-refractivity contribution is 7.85. The predicted octanol–water partition coefficient (Wildman–Crippen LogP) is 6.75. The lowest BCUT2D eigenvalue weighted by Gasteiger charge is -2.16. The van der Waals surface area contributed by atoms with Gasteiger partial charge < -0.3 is 5.32 Å². The maximum atomic E-state index is 13.8. The third-order valence-electron chi connectivity index (χ3n) is 4.73. The second-order valence-corrected chi connectivity index (χ2v) is 10.6. The van der Waals surface area contributed by atoms with Crippen LogP contribution in [0, 0.1) is 0 Å². The molecule has 0 radical (unpaired) electrons. The Labute approximate surface area is 214 Å². The van der Waals surface area contributed by atoms with Gasteiger partial charge in [0.25, 0.3) is 0 Å². The largest absolute Gasteiger partial charge is 0.451 e. The summed E-state index contributed by atoms with van der Waals surface area (Å²) in [4.78, 5) is 5.73. The van der Waals surface area contributed by atoms with Crippen molar-refractivity contribution in [1.29, 1.82) is 0 Å². The fourth-order valence-electron chi connectivity index (χ4n) is 3.08. The highest BCUT2D eigenvalue weighted by Gasteiger charge is 2.43. The summed E-state index contributed by atoms with van der Waals surface area (Å²) >= 11 is 11.9. The molecule has 1 aromatic carbocycles. The highest BCUT2D eigenvalue weighted by Crippen LogP contribution is 2.43. The van der Waals surface area contributed by atoms with Crippen molar-refractivity contribution in [2.75, 3.05) is 17.6 Å². The standard InChI is InChI=1S/C19H14Cl2F9N5OS/c1-7(2)37(36)4-3-31-15-11-13(18(25,26)27)32-16(19(28,29)30)33-14(11)34-35(15)12-9(20)5-8(6-10(12)21)17(22,23)24/h5-7,31H,3-4H2,1-2H3. The first kappa shape index (κ1) is 29.2. The van der Waals surface area contributed by atoms with Crippen molar-refractivity contribution in [3.63, 3.8) is 0 Å². The average molecular weight is 602 g/mol. The molecule has 0 aliphatic rings. The van der Waals surface area contributed by atoms with Crippen LogP contribution in [-0.4, -0.2) is 41.5 Å². The first-order valence-electron chi connectivity index (χ1n) is 9.95. The third-order valence-corrected chi connectivity index (χ3v) is 6.97. The van der Waals surface area contributed by atoms with Gasteiger partial charge in [-0.05, 0) is 12.1 Å². The molecule has 0 spiro atoms. The topological polar surface area (TPSA) is 72.7 Å². The molecule has 0 amide bonds. The molecule has 2 aromatic heterocycles. The molecule has 37 heavy (non-hydrogen) atoms. The van der Waals surface area contributed by atoms with Crippen LogP contribution in [0.25, 0.3) is 16.7 Å². The molecule has 0 bridgehead atoms. The summed E-state index contributed by atoms with van der Waals surface area (Å²) in [6.07, 6.45) is -15.7. The number of halogens is 11. The molecule has 18 heteroatoms. The summed E-state index contributed by atoms with van der Waals surface area (Å²) in [5, 5.41) is 3.35. The van der Waals surface area contributed by atoms with Gasteiger partial charge in [0.05, 0.1) is 21.0 Å². The molecule has 1 N–H and O–H groups in total. The van der Waals surface area contributed by atoms with Crippen LogP contribution in [0.1, 0.15) is 30.9 Å². The van der Waals surface area contributed by atoms with E-state index in [-0.39, 0.29) is 17.5 Å². The maximum absolute atomic E-state index is 13.8. The molecular weight excluding hydrogens is 588 g/mol. The van der Waals surface area contributed by atoms with Crippen LogP contribution < -0.4 is 5.32 Å². The van der Waals surface area contributed by atoms with Gasteiger partial charge in [-0.25, -0.2) is 14.6 Å². The van der Waals surface area contributed by atoms with Gasteiger partial charge in [-0.1, -0.05) is 37.0 Å². The summed E-state index contributed by atoms with van der Waals surface area (Å²) in [5.74, 6) is -2.92. The van der Waals surface area contributed by atoms with E-state index in [1.807, 2.05) is 0 Å². The van der Waals surface area contributed by atoms with E-state index in [2.05, 4.69) is 20.4 Å². The van der Waals surface area contributed by atoms with E-state index >= 15 is 0 Å². The van der Waals surface area contributed by atoms with E-state index in [1.54, 1.807) is 13.8 Å². The summed E-state index contributed by atoms with van der Waals surface area (Å²) in [5.41, 5.74) is -4.96. The van der Waals surface area contributed by atoms with Gasteiger partial charge in [0.15, 0.2) is 11.3 Å². The minimum Gasteiger partial charge on any atom is -0.368 e. The number of rotatable bonds is 6. The first-order valence-corrected chi connectivity index (χ1v) is 12.1. The molecule has 3 rings (SSSR count). The third kappa shape index (κ3) is 6.22. The Bertz CT molecular complexity index is 1330. The van der Waals surface area contributed by atoms with E-state index in [9.17, 15) is 43.7 Å². The number of anilines is 1. The van der Waals surface area contributed by atoms with E-state index in [1.165, 1.54) is 0 Å². The van der Waals surface area contributed by atoms with Gasteiger partial charge in [-0.3, -0.25) is 4.21 Å². The number of benzene rings is 1. The Kier molecular flexibility index (Phi) is 7.97. The second-order valence-electron chi connectivity index (χ2n) is 7.70. The first-order chi connectivity index (χ1) is 16.8. The Morgan fingerprint density at radius 3 is 1.97 bits per heavy atom. The SMILES string of the molecule is CC(C)S(=O)CCNc1c2c(C(F)(F)F)nc(C(F)(F)F)nc2nn1-c1c(Cl)cc(C(F)(F)F)cc1Cl. The molecule has 3 aromatic rings. The Morgan fingerprint density at radius 2 is 1.51 bits per heavy atom. The van der Waals surface area contributed by atoms with E-state index in [0.717, 1.165) is 0 Å². The number of aromatic nitrogens is 4. The lowest BCUT2D eigenvalue weighted by Crippen LogP contribution is -2.20. The Morgan fingerprint density at radius 1 is 0.946 bits per heavy atom. The van der Waals surface area contributed by atoms with Gasteiger partial charge in [-0.15, -0.1) is 5.10 Å². The highest BCUT2D eigenvalue weighted by atomic mass is 35.5. The molecule has 1 atom stereocenters. The van der Waals surface area contributed by atoms with Crippen LogP contribution >= 0.6 is 23.2 Å². The summed E-state index contributed by atoms with van der Waals surface area (Å²) in [6, 6.07) is 0.842. The number of hydrogen-bond donors (Lipinski definition) is 1. The molecule has 0 fully saturated rings. The van der Waals surface area contributed by atoms with Crippen LogP contribution in [0.3, 0.4) is 0 Å². The minimum absolute atomic E-state index is 0.109. The summed E-state index contributed by atoms with van der Waals surface area (Å²) < 4.78 is 133. The fraction of sp³-hybridized carbons (Fsp3) is 0.421. The molecular formula is C19H14Cl2F9N5OS. The normalized spacial score (nSPS) is 14.0. The van der Waals surface area contributed by atoms with Crippen molar-refractivity contribution >= 4 is 50.9 Å². The van der Waals surface area contributed by atoms with Crippen molar-refractivity contribution < 1.29 is 43.7 Å². The molecule has 2 heterocycles. The molecule has 0 saturated carbocycles. The fourth-order valence-corrected chi connectivity index (χ4v) is 4.51. The van der Waals surface area contributed by atoms with Crippen molar-refractivity contribution in [3.8, 4) is 5.69 Å².